The van der Waals surface area contributed by atoms with Gasteiger partial charge in [0.15, 0.2) is 5.96 Å². The van der Waals surface area contributed by atoms with Crippen LogP contribution in [0.5, 0.6) is 0 Å². The minimum Gasteiger partial charge on any atom is -0.361 e. The van der Waals surface area contributed by atoms with Gasteiger partial charge in [-0.15, -0.1) is 0 Å². The Balaban J connectivity index is 1.94. The van der Waals surface area contributed by atoms with Crippen LogP contribution in [0.15, 0.2) is 15.8 Å². The normalized spacial score (nSPS) is 11.7. The zero-order chi connectivity index (χ0) is 15.9. The van der Waals surface area contributed by atoms with Crippen LogP contribution in [0.4, 0.5) is 0 Å². The number of aryl methyl sites for hydroxylation is 3. The van der Waals surface area contributed by atoms with Gasteiger partial charge in [0.05, 0.1) is 12.2 Å². The number of aliphatic imine (C=N–C) groups is 1. The molecule has 2 aromatic rings. The number of nitrogens with zero attached hydrogens (tertiary/aromatic N) is 5. The molecule has 0 fully saturated rings. The van der Waals surface area contributed by atoms with Gasteiger partial charge < -0.3 is 15.2 Å². The fourth-order valence-corrected chi connectivity index (χ4v) is 2.17. The highest BCUT2D eigenvalue weighted by Gasteiger charge is 2.13. The molecular weight excluding hydrogens is 282 g/mol. The Morgan fingerprint density at radius 3 is 2.64 bits per heavy atom. The lowest BCUT2D eigenvalue weighted by Crippen LogP contribution is -2.37. The molecule has 120 valence electrons. The van der Waals surface area contributed by atoms with Gasteiger partial charge in [-0.25, -0.2) is 4.98 Å². The number of nitrogens with one attached hydrogen (secondary N) is 2. The van der Waals surface area contributed by atoms with Crippen molar-refractivity contribution in [2.24, 2.45) is 12.0 Å². The van der Waals surface area contributed by atoms with Gasteiger partial charge in [-0.2, -0.15) is 5.10 Å². The zero-order valence-corrected chi connectivity index (χ0v) is 13.6. The molecule has 0 spiro atoms. The van der Waals surface area contributed by atoms with E-state index in [2.05, 4.69) is 44.7 Å². The average Bonchev–Trinajstić information content (AvgIpc) is 3.13. The fraction of sp³-hybridized carbons (Fsp3) is 0.571. The first kappa shape index (κ1) is 16.0. The largest absolute Gasteiger partial charge is 0.361 e. The maximum absolute atomic E-state index is 5.36. The van der Waals surface area contributed by atoms with Crippen LogP contribution in [0.2, 0.25) is 0 Å². The summed E-state index contributed by atoms with van der Waals surface area (Å²) in [7, 11) is 3.60. The van der Waals surface area contributed by atoms with Crippen LogP contribution < -0.4 is 10.6 Å². The quantitative estimate of drug-likeness (QED) is 0.605. The first-order chi connectivity index (χ1) is 10.7. The average molecular weight is 305 g/mol. The molecule has 22 heavy (non-hydrogen) atoms. The molecule has 0 saturated carbocycles. The summed E-state index contributed by atoms with van der Waals surface area (Å²) < 4.78 is 7.09. The molecule has 0 amide bonds. The lowest BCUT2D eigenvalue weighted by Gasteiger charge is -2.11. The smallest absolute Gasteiger partial charge is 0.191 e. The first-order valence-corrected chi connectivity index (χ1v) is 7.43. The Labute approximate surface area is 130 Å². The summed E-state index contributed by atoms with van der Waals surface area (Å²) in [6.45, 7) is 5.32. The molecule has 2 heterocycles. The van der Waals surface area contributed by atoms with E-state index in [-0.39, 0.29) is 0 Å². The molecule has 0 saturated heterocycles. The molecule has 2 aromatic heterocycles. The summed E-state index contributed by atoms with van der Waals surface area (Å²) in [5.41, 5.74) is 2.11. The van der Waals surface area contributed by atoms with Crippen molar-refractivity contribution in [3.63, 3.8) is 0 Å². The Hall–Kier alpha value is -2.38. The van der Waals surface area contributed by atoms with Crippen molar-refractivity contribution in [1.82, 2.24) is 30.6 Å². The lowest BCUT2D eigenvalue weighted by molar-refractivity contribution is 0.380. The second-order valence-corrected chi connectivity index (χ2v) is 4.82. The van der Waals surface area contributed by atoms with E-state index in [4.69, 9.17) is 4.52 Å². The van der Waals surface area contributed by atoms with Gasteiger partial charge in [-0.05, 0) is 6.42 Å². The Kier molecular flexibility index (Phi) is 5.51. The van der Waals surface area contributed by atoms with Gasteiger partial charge >= 0.3 is 0 Å². The second-order valence-electron chi connectivity index (χ2n) is 4.82. The number of rotatable bonds is 6. The van der Waals surface area contributed by atoms with Crippen molar-refractivity contribution in [2.75, 3.05) is 7.05 Å². The molecule has 0 aliphatic rings. The summed E-state index contributed by atoms with van der Waals surface area (Å²) in [4.78, 5) is 8.38. The monoisotopic (exact) mass is 305 g/mol. The molecule has 2 N–H and O–H groups in total. The second kappa shape index (κ2) is 7.58. The lowest BCUT2D eigenvalue weighted by atomic mass is 10.1. The van der Waals surface area contributed by atoms with Crippen LogP contribution in [-0.2, 0) is 33.0 Å². The minimum atomic E-state index is 0.557. The van der Waals surface area contributed by atoms with Crippen molar-refractivity contribution in [3.05, 3.63) is 29.2 Å². The predicted molar refractivity (Wildman–Crippen MR) is 83.3 cm³/mol. The van der Waals surface area contributed by atoms with E-state index in [1.54, 1.807) is 11.7 Å². The fourth-order valence-electron chi connectivity index (χ4n) is 2.17. The number of aromatic nitrogens is 4. The first-order valence-electron chi connectivity index (χ1n) is 7.43. The number of hydrogen-bond acceptors (Lipinski definition) is 5. The van der Waals surface area contributed by atoms with Crippen LogP contribution >= 0.6 is 0 Å². The Morgan fingerprint density at radius 1 is 1.27 bits per heavy atom. The molecule has 8 heteroatoms. The van der Waals surface area contributed by atoms with Crippen LogP contribution in [0.1, 0.15) is 36.7 Å². The summed E-state index contributed by atoms with van der Waals surface area (Å²) >= 11 is 0. The molecule has 0 radical (unpaired) electrons. The van der Waals surface area contributed by atoms with Gasteiger partial charge in [0.2, 0.25) is 0 Å². The highest BCUT2D eigenvalue weighted by molar-refractivity contribution is 5.79. The zero-order valence-electron chi connectivity index (χ0n) is 13.6. The van der Waals surface area contributed by atoms with E-state index in [1.165, 1.54) is 6.33 Å². The van der Waals surface area contributed by atoms with Crippen LogP contribution in [-0.4, -0.2) is 32.9 Å². The highest BCUT2D eigenvalue weighted by Crippen LogP contribution is 2.15. The molecule has 0 bridgehead atoms. The third kappa shape index (κ3) is 3.63. The maximum atomic E-state index is 5.36. The summed E-state index contributed by atoms with van der Waals surface area (Å²) in [5, 5.41) is 14.6. The molecule has 2 rings (SSSR count). The van der Waals surface area contributed by atoms with Gasteiger partial charge in [0.25, 0.3) is 0 Å². The number of hydrogen-bond donors (Lipinski definition) is 2. The molecule has 0 aliphatic heterocycles. The molecular formula is C14H23N7O. The van der Waals surface area contributed by atoms with E-state index in [0.717, 1.165) is 35.7 Å². The summed E-state index contributed by atoms with van der Waals surface area (Å²) in [5.74, 6) is 2.47. The predicted octanol–water partition coefficient (Wildman–Crippen LogP) is 0.793. The van der Waals surface area contributed by atoms with E-state index in [9.17, 15) is 0 Å². The highest BCUT2D eigenvalue weighted by atomic mass is 16.5. The maximum Gasteiger partial charge on any atom is 0.191 e. The van der Waals surface area contributed by atoms with Gasteiger partial charge in [-0.1, -0.05) is 19.0 Å². The topological polar surface area (TPSA) is 93.2 Å². The van der Waals surface area contributed by atoms with Crippen molar-refractivity contribution in [3.8, 4) is 0 Å². The minimum absolute atomic E-state index is 0.557. The SMILES string of the molecule is CCc1noc(CC)c1CNC(=NC)NCc1ncnn1C. The third-order valence-corrected chi connectivity index (χ3v) is 3.48. The van der Waals surface area contributed by atoms with Crippen LogP contribution in [0.25, 0.3) is 0 Å². The van der Waals surface area contributed by atoms with E-state index < -0.39 is 0 Å². The molecule has 0 atom stereocenters. The Bertz CT molecular complexity index is 607. The van der Waals surface area contributed by atoms with Gasteiger partial charge in [-0.3, -0.25) is 9.67 Å². The summed E-state index contributed by atoms with van der Waals surface area (Å²) in [6.07, 6.45) is 3.21. The third-order valence-electron chi connectivity index (χ3n) is 3.48. The van der Waals surface area contributed by atoms with Crippen molar-refractivity contribution >= 4 is 5.96 Å². The molecule has 0 unspecified atom stereocenters. The van der Waals surface area contributed by atoms with Crippen molar-refractivity contribution < 1.29 is 4.52 Å². The standard InChI is InChI=1S/C14H23N7O/c1-5-11-10(12(6-2)22-20-11)7-16-14(15-3)17-8-13-18-9-19-21(13)4/h9H,5-8H2,1-4H3,(H2,15,16,17). The summed E-state index contributed by atoms with van der Waals surface area (Å²) in [6, 6.07) is 0. The van der Waals surface area contributed by atoms with E-state index >= 15 is 0 Å². The Morgan fingerprint density at radius 2 is 2.05 bits per heavy atom. The van der Waals surface area contributed by atoms with Crippen LogP contribution in [0.3, 0.4) is 0 Å². The van der Waals surface area contributed by atoms with Crippen molar-refractivity contribution in [1.29, 1.82) is 0 Å². The molecule has 0 aromatic carbocycles. The van der Waals surface area contributed by atoms with E-state index in [0.29, 0.717) is 19.0 Å². The van der Waals surface area contributed by atoms with E-state index in [1.807, 2.05) is 7.05 Å². The number of guanidine groups is 1. The van der Waals surface area contributed by atoms with Crippen LogP contribution in [0, 0.1) is 0 Å². The van der Waals surface area contributed by atoms with Gasteiger partial charge in [0.1, 0.15) is 17.9 Å². The molecule has 8 nitrogen and oxygen atoms in total. The molecule has 0 aliphatic carbocycles. The van der Waals surface area contributed by atoms with Gasteiger partial charge in [0, 0.05) is 32.6 Å². The van der Waals surface area contributed by atoms with Crippen molar-refractivity contribution in [2.45, 2.75) is 39.8 Å².